The van der Waals surface area contributed by atoms with Crippen molar-refractivity contribution in [2.45, 2.75) is 51.2 Å². The smallest absolute Gasteiger partial charge is 0.410 e. The number of piperidine rings is 1. The fourth-order valence-corrected chi connectivity index (χ4v) is 4.22. The first-order valence-electron chi connectivity index (χ1n) is 10.4. The Hall–Kier alpha value is -2.98. The van der Waals surface area contributed by atoms with E-state index >= 15 is 0 Å². The maximum atomic E-state index is 12.3. The molecule has 1 aliphatic heterocycles. The number of amides is 3. The average Bonchev–Trinajstić information content (AvgIpc) is 3.26. The second-order valence-electron chi connectivity index (χ2n) is 8.57. The first-order chi connectivity index (χ1) is 15.1. The van der Waals surface area contributed by atoms with E-state index < -0.39 is 23.5 Å². The number of aliphatic hydroxyl groups excluding tert-OH is 1. The lowest BCUT2D eigenvalue weighted by Crippen LogP contribution is -2.44. The standard InChI is InChI=1S/C22H28N4O5S/c1-22(2,3)31-21(30)26-11-9-15(10-12-26)20-23-16(13-32-20)18(28)24-25-19(29)17(27)14-7-5-4-6-8-14/h4-8,13,15,17,27H,9-12H2,1-3H3,(H,24,28)(H,25,29). The van der Waals surface area contributed by atoms with Gasteiger partial charge in [-0.15, -0.1) is 11.3 Å². The molecule has 0 radical (unpaired) electrons. The van der Waals surface area contributed by atoms with Crippen molar-refractivity contribution in [3.63, 3.8) is 0 Å². The Balaban J connectivity index is 1.49. The number of rotatable bonds is 4. The molecule has 32 heavy (non-hydrogen) atoms. The minimum absolute atomic E-state index is 0.148. The molecule has 0 spiro atoms. The van der Waals surface area contributed by atoms with Crippen molar-refractivity contribution < 1.29 is 24.2 Å². The highest BCUT2D eigenvalue weighted by atomic mass is 32.1. The lowest BCUT2D eigenvalue weighted by atomic mass is 9.98. The van der Waals surface area contributed by atoms with Crippen LogP contribution in [-0.2, 0) is 9.53 Å². The molecule has 0 bridgehead atoms. The molecule has 1 saturated heterocycles. The minimum Gasteiger partial charge on any atom is -0.444 e. The zero-order chi connectivity index (χ0) is 23.3. The molecule has 3 amide bonds. The van der Waals surface area contributed by atoms with Gasteiger partial charge in [-0.25, -0.2) is 9.78 Å². The summed E-state index contributed by atoms with van der Waals surface area (Å²) in [5, 5.41) is 12.5. The van der Waals surface area contributed by atoms with E-state index in [9.17, 15) is 19.5 Å². The Bertz CT molecular complexity index is 949. The highest BCUT2D eigenvalue weighted by molar-refractivity contribution is 7.09. The number of nitrogens with one attached hydrogen (secondary N) is 2. The number of aromatic nitrogens is 1. The van der Waals surface area contributed by atoms with E-state index in [4.69, 9.17) is 4.74 Å². The van der Waals surface area contributed by atoms with Crippen LogP contribution in [0.1, 0.15) is 66.7 Å². The number of likely N-dealkylation sites (tertiary alicyclic amines) is 1. The highest BCUT2D eigenvalue weighted by Gasteiger charge is 2.29. The molecule has 1 aliphatic rings. The summed E-state index contributed by atoms with van der Waals surface area (Å²) in [6.45, 7) is 6.64. The fraction of sp³-hybridized carbons (Fsp3) is 0.455. The van der Waals surface area contributed by atoms with Crippen molar-refractivity contribution in [1.29, 1.82) is 0 Å². The summed E-state index contributed by atoms with van der Waals surface area (Å²) >= 11 is 1.37. The third-order valence-corrected chi connectivity index (χ3v) is 5.92. The SMILES string of the molecule is CC(C)(C)OC(=O)N1CCC(c2nc(C(=O)NNC(=O)C(O)c3ccccc3)cs2)CC1. The number of hydrazine groups is 1. The van der Waals surface area contributed by atoms with Crippen molar-refractivity contribution in [1.82, 2.24) is 20.7 Å². The summed E-state index contributed by atoms with van der Waals surface area (Å²) in [5.41, 5.74) is 4.59. The maximum absolute atomic E-state index is 12.3. The van der Waals surface area contributed by atoms with Gasteiger partial charge in [0.25, 0.3) is 11.8 Å². The molecule has 3 N–H and O–H groups in total. The topological polar surface area (TPSA) is 121 Å². The quantitative estimate of drug-likeness (QED) is 0.604. The number of thiazole rings is 1. The summed E-state index contributed by atoms with van der Waals surface area (Å²) < 4.78 is 5.41. The molecule has 10 heteroatoms. The van der Waals surface area contributed by atoms with Crippen molar-refractivity contribution in [2.75, 3.05) is 13.1 Å². The van der Waals surface area contributed by atoms with Gasteiger partial charge in [0.05, 0.1) is 5.01 Å². The molecule has 0 saturated carbocycles. The highest BCUT2D eigenvalue weighted by Crippen LogP contribution is 2.31. The minimum atomic E-state index is -1.39. The van der Waals surface area contributed by atoms with Gasteiger partial charge in [-0.1, -0.05) is 30.3 Å². The maximum Gasteiger partial charge on any atom is 0.410 e. The second-order valence-corrected chi connectivity index (χ2v) is 9.46. The fourth-order valence-electron chi connectivity index (χ4n) is 3.25. The van der Waals surface area contributed by atoms with Gasteiger partial charge in [0.2, 0.25) is 0 Å². The lowest BCUT2D eigenvalue weighted by molar-refractivity contribution is -0.130. The van der Waals surface area contributed by atoms with E-state index in [1.807, 2.05) is 20.8 Å². The summed E-state index contributed by atoms with van der Waals surface area (Å²) in [6.07, 6.45) is -0.247. The van der Waals surface area contributed by atoms with Crippen LogP contribution in [0, 0.1) is 0 Å². The molecule has 2 heterocycles. The molecular weight excluding hydrogens is 432 g/mol. The first-order valence-corrected chi connectivity index (χ1v) is 11.3. The molecule has 0 aliphatic carbocycles. The van der Waals surface area contributed by atoms with Crippen LogP contribution in [0.15, 0.2) is 35.7 Å². The van der Waals surface area contributed by atoms with Gasteiger partial charge in [0.1, 0.15) is 11.3 Å². The van der Waals surface area contributed by atoms with Crippen molar-refractivity contribution in [3.8, 4) is 0 Å². The zero-order valence-electron chi connectivity index (χ0n) is 18.3. The first kappa shape index (κ1) is 23.7. The van der Waals surface area contributed by atoms with E-state index in [1.165, 1.54) is 11.3 Å². The van der Waals surface area contributed by atoms with Crippen molar-refractivity contribution >= 4 is 29.2 Å². The normalized spacial score (nSPS) is 15.7. The number of aliphatic hydroxyl groups is 1. The predicted molar refractivity (Wildman–Crippen MR) is 119 cm³/mol. The van der Waals surface area contributed by atoms with E-state index in [1.54, 1.807) is 40.6 Å². The predicted octanol–water partition coefficient (Wildman–Crippen LogP) is 2.75. The van der Waals surface area contributed by atoms with Crippen LogP contribution >= 0.6 is 11.3 Å². The van der Waals surface area contributed by atoms with Gasteiger partial charge in [-0.2, -0.15) is 0 Å². The number of hydrogen-bond donors (Lipinski definition) is 3. The molecule has 1 atom stereocenters. The number of hydrogen-bond acceptors (Lipinski definition) is 7. The molecule has 9 nitrogen and oxygen atoms in total. The molecule has 1 aromatic carbocycles. The molecule has 2 aromatic rings. The second kappa shape index (κ2) is 10.1. The molecular formula is C22H28N4O5S. The summed E-state index contributed by atoms with van der Waals surface area (Å²) in [4.78, 5) is 42.7. The third kappa shape index (κ3) is 6.27. The van der Waals surface area contributed by atoms with Gasteiger partial charge in [-0.3, -0.25) is 20.4 Å². The van der Waals surface area contributed by atoms with Crippen LogP contribution < -0.4 is 10.9 Å². The van der Waals surface area contributed by atoms with E-state index in [0.717, 1.165) is 17.8 Å². The molecule has 1 fully saturated rings. The van der Waals surface area contributed by atoms with E-state index in [-0.39, 0.29) is 17.7 Å². The Morgan fingerprint density at radius 2 is 1.81 bits per heavy atom. The van der Waals surface area contributed by atoms with Crippen LogP contribution in [0.25, 0.3) is 0 Å². The van der Waals surface area contributed by atoms with Crippen LogP contribution in [0.3, 0.4) is 0 Å². The Morgan fingerprint density at radius 1 is 1.16 bits per heavy atom. The average molecular weight is 461 g/mol. The number of carbonyl (C=O) groups is 3. The third-order valence-electron chi connectivity index (χ3n) is 4.91. The number of carbonyl (C=O) groups excluding carboxylic acids is 3. The molecule has 3 rings (SSSR count). The monoisotopic (exact) mass is 460 g/mol. The summed E-state index contributed by atoms with van der Waals surface area (Å²) in [7, 11) is 0. The molecule has 1 aromatic heterocycles. The Kier molecular flexibility index (Phi) is 7.47. The van der Waals surface area contributed by atoms with Crippen LogP contribution in [-0.4, -0.2) is 51.6 Å². The lowest BCUT2D eigenvalue weighted by Gasteiger charge is -2.32. The Labute approximate surface area is 190 Å². The van der Waals surface area contributed by atoms with Gasteiger partial charge in [-0.05, 0) is 39.2 Å². The van der Waals surface area contributed by atoms with Crippen LogP contribution in [0.2, 0.25) is 0 Å². The van der Waals surface area contributed by atoms with Crippen molar-refractivity contribution in [2.24, 2.45) is 0 Å². The molecule has 1 unspecified atom stereocenters. The summed E-state index contributed by atoms with van der Waals surface area (Å²) in [6, 6.07) is 8.43. The molecule has 172 valence electrons. The summed E-state index contributed by atoms with van der Waals surface area (Å²) in [5.74, 6) is -1.16. The number of ether oxygens (including phenoxy) is 1. The van der Waals surface area contributed by atoms with Gasteiger partial charge < -0.3 is 14.7 Å². The van der Waals surface area contributed by atoms with Crippen molar-refractivity contribution in [3.05, 3.63) is 52.0 Å². The van der Waals surface area contributed by atoms with E-state index in [2.05, 4.69) is 15.8 Å². The largest absolute Gasteiger partial charge is 0.444 e. The number of benzene rings is 1. The van der Waals surface area contributed by atoms with E-state index in [0.29, 0.717) is 18.7 Å². The van der Waals surface area contributed by atoms with Crippen LogP contribution in [0.5, 0.6) is 0 Å². The van der Waals surface area contributed by atoms with Gasteiger partial charge >= 0.3 is 6.09 Å². The van der Waals surface area contributed by atoms with Gasteiger partial charge in [0, 0.05) is 24.4 Å². The van der Waals surface area contributed by atoms with Gasteiger partial charge in [0.15, 0.2) is 6.10 Å². The Morgan fingerprint density at radius 3 is 2.44 bits per heavy atom. The number of nitrogens with zero attached hydrogens (tertiary/aromatic N) is 2. The zero-order valence-corrected chi connectivity index (χ0v) is 19.1. The van der Waals surface area contributed by atoms with Crippen LogP contribution in [0.4, 0.5) is 4.79 Å².